The van der Waals surface area contributed by atoms with Crippen molar-refractivity contribution < 1.29 is 0 Å². The van der Waals surface area contributed by atoms with Gasteiger partial charge in [0, 0.05) is 25.2 Å². The Morgan fingerprint density at radius 2 is 2.20 bits per heavy atom. The second-order valence-electron chi connectivity index (χ2n) is 4.63. The fourth-order valence-electron chi connectivity index (χ4n) is 2.36. The molecule has 0 aliphatic carbocycles. The standard InChI is InChI=1S/C12H23N3/c1-4-11(2)15-9-5-8-14(3)10-12(15)6-7-13/h11-12H,4-6,8-10H2,1-3H3. The molecule has 0 amide bonds. The van der Waals surface area contributed by atoms with Gasteiger partial charge in [0.25, 0.3) is 0 Å². The highest BCUT2D eigenvalue weighted by Gasteiger charge is 2.25. The number of likely N-dealkylation sites (N-methyl/N-ethyl adjacent to an activating group) is 1. The quantitative estimate of drug-likeness (QED) is 0.709. The van der Waals surface area contributed by atoms with E-state index in [1.807, 2.05) is 0 Å². The summed E-state index contributed by atoms with van der Waals surface area (Å²) in [6, 6.07) is 3.36. The number of hydrogen-bond donors (Lipinski definition) is 0. The fraction of sp³-hybridized carbons (Fsp3) is 0.917. The van der Waals surface area contributed by atoms with Gasteiger partial charge in [0.1, 0.15) is 0 Å². The molecule has 3 heteroatoms. The minimum Gasteiger partial charge on any atom is -0.305 e. The van der Waals surface area contributed by atoms with E-state index in [4.69, 9.17) is 5.26 Å². The molecule has 1 aliphatic heterocycles. The zero-order chi connectivity index (χ0) is 11.3. The van der Waals surface area contributed by atoms with E-state index in [1.54, 1.807) is 0 Å². The van der Waals surface area contributed by atoms with Gasteiger partial charge in [-0.15, -0.1) is 0 Å². The number of rotatable bonds is 3. The molecule has 0 aromatic heterocycles. The van der Waals surface area contributed by atoms with Gasteiger partial charge in [0.2, 0.25) is 0 Å². The molecule has 1 saturated heterocycles. The van der Waals surface area contributed by atoms with Crippen molar-refractivity contribution in [1.82, 2.24) is 9.80 Å². The van der Waals surface area contributed by atoms with Crippen molar-refractivity contribution in [2.75, 3.05) is 26.7 Å². The number of nitrogens with zero attached hydrogens (tertiary/aromatic N) is 3. The summed E-state index contributed by atoms with van der Waals surface area (Å²) in [5.74, 6) is 0. The number of hydrogen-bond acceptors (Lipinski definition) is 3. The summed E-state index contributed by atoms with van der Waals surface area (Å²) in [6.07, 6.45) is 3.06. The topological polar surface area (TPSA) is 30.3 Å². The summed E-state index contributed by atoms with van der Waals surface area (Å²) >= 11 is 0. The highest BCUT2D eigenvalue weighted by Crippen LogP contribution is 2.16. The molecule has 86 valence electrons. The van der Waals surface area contributed by atoms with Crippen LogP contribution in [0, 0.1) is 11.3 Å². The van der Waals surface area contributed by atoms with E-state index < -0.39 is 0 Å². The van der Waals surface area contributed by atoms with E-state index in [9.17, 15) is 0 Å². The first-order valence-electron chi connectivity index (χ1n) is 6.00. The van der Waals surface area contributed by atoms with E-state index >= 15 is 0 Å². The second kappa shape index (κ2) is 6.09. The van der Waals surface area contributed by atoms with Gasteiger partial charge in [-0.3, -0.25) is 4.90 Å². The van der Waals surface area contributed by atoms with Gasteiger partial charge in [0.05, 0.1) is 12.5 Å². The molecule has 0 spiro atoms. The molecule has 1 fully saturated rings. The lowest BCUT2D eigenvalue weighted by atomic mass is 10.1. The lowest BCUT2D eigenvalue weighted by molar-refractivity contribution is 0.140. The Morgan fingerprint density at radius 3 is 2.80 bits per heavy atom. The normalized spacial score (nSPS) is 26.9. The van der Waals surface area contributed by atoms with Crippen molar-refractivity contribution in [1.29, 1.82) is 5.26 Å². The molecule has 0 N–H and O–H groups in total. The van der Waals surface area contributed by atoms with Crippen molar-refractivity contribution >= 4 is 0 Å². The van der Waals surface area contributed by atoms with Gasteiger partial charge in [0.15, 0.2) is 0 Å². The van der Waals surface area contributed by atoms with Gasteiger partial charge in [-0.25, -0.2) is 0 Å². The maximum absolute atomic E-state index is 8.87. The molecule has 15 heavy (non-hydrogen) atoms. The number of nitriles is 1. The molecule has 1 aliphatic rings. The summed E-state index contributed by atoms with van der Waals surface area (Å²) in [5, 5.41) is 8.87. The van der Waals surface area contributed by atoms with Gasteiger partial charge >= 0.3 is 0 Å². The van der Waals surface area contributed by atoms with E-state index in [0.717, 1.165) is 19.6 Å². The van der Waals surface area contributed by atoms with E-state index in [-0.39, 0.29) is 0 Å². The molecule has 1 rings (SSSR count). The Morgan fingerprint density at radius 1 is 1.47 bits per heavy atom. The van der Waals surface area contributed by atoms with Gasteiger partial charge in [-0.2, -0.15) is 5.26 Å². The third-order valence-electron chi connectivity index (χ3n) is 3.43. The second-order valence-corrected chi connectivity index (χ2v) is 4.63. The zero-order valence-electron chi connectivity index (χ0n) is 10.2. The average molecular weight is 209 g/mol. The molecule has 3 nitrogen and oxygen atoms in total. The lowest BCUT2D eigenvalue weighted by Crippen LogP contribution is -2.44. The van der Waals surface area contributed by atoms with Crippen LogP contribution in [-0.2, 0) is 0 Å². The predicted molar refractivity (Wildman–Crippen MR) is 62.6 cm³/mol. The zero-order valence-corrected chi connectivity index (χ0v) is 10.2. The van der Waals surface area contributed by atoms with Crippen molar-refractivity contribution in [3.05, 3.63) is 0 Å². The molecular formula is C12H23N3. The first-order chi connectivity index (χ1) is 7.19. The first-order valence-corrected chi connectivity index (χ1v) is 6.00. The SMILES string of the molecule is CCC(C)N1CCCN(C)CC1CC#N. The van der Waals surface area contributed by atoms with E-state index in [1.165, 1.54) is 12.8 Å². The third kappa shape index (κ3) is 3.48. The van der Waals surface area contributed by atoms with Crippen LogP contribution in [0.15, 0.2) is 0 Å². The lowest BCUT2D eigenvalue weighted by Gasteiger charge is -2.34. The molecule has 0 aromatic rings. The average Bonchev–Trinajstić information content (AvgIpc) is 2.39. The Bertz CT molecular complexity index is 221. The highest BCUT2D eigenvalue weighted by atomic mass is 15.2. The van der Waals surface area contributed by atoms with E-state index in [2.05, 4.69) is 36.8 Å². The van der Waals surface area contributed by atoms with Gasteiger partial charge < -0.3 is 4.90 Å². The fourth-order valence-corrected chi connectivity index (χ4v) is 2.36. The summed E-state index contributed by atoms with van der Waals surface area (Å²) in [5.41, 5.74) is 0. The maximum Gasteiger partial charge on any atom is 0.0638 e. The Hall–Kier alpha value is -0.590. The van der Waals surface area contributed by atoms with Crippen LogP contribution < -0.4 is 0 Å². The summed E-state index contributed by atoms with van der Waals surface area (Å²) in [7, 11) is 2.16. The minimum absolute atomic E-state index is 0.428. The van der Waals surface area contributed by atoms with Crippen LogP contribution in [0.1, 0.15) is 33.1 Å². The molecule has 1 heterocycles. The Balaban J connectivity index is 2.67. The van der Waals surface area contributed by atoms with Crippen LogP contribution in [0.4, 0.5) is 0 Å². The Labute approximate surface area is 93.7 Å². The summed E-state index contributed by atoms with van der Waals surface area (Å²) < 4.78 is 0. The molecule has 2 unspecified atom stereocenters. The maximum atomic E-state index is 8.87. The predicted octanol–water partition coefficient (Wildman–Crippen LogP) is 1.70. The summed E-state index contributed by atoms with van der Waals surface area (Å²) in [6.45, 7) is 7.84. The smallest absolute Gasteiger partial charge is 0.0638 e. The third-order valence-corrected chi connectivity index (χ3v) is 3.43. The van der Waals surface area contributed by atoms with Crippen LogP contribution >= 0.6 is 0 Å². The van der Waals surface area contributed by atoms with Crippen LogP contribution in [0.5, 0.6) is 0 Å². The van der Waals surface area contributed by atoms with Crippen LogP contribution in [0.25, 0.3) is 0 Å². The first kappa shape index (κ1) is 12.5. The van der Waals surface area contributed by atoms with Crippen LogP contribution in [0.2, 0.25) is 0 Å². The van der Waals surface area contributed by atoms with Crippen molar-refractivity contribution in [2.24, 2.45) is 0 Å². The molecule has 0 radical (unpaired) electrons. The van der Waals surface area contributed by atoms with Crippen molar-refractivity contribution in [3.63, 3.8) is 0 Å². The molecular weight excluding hydrogens is 186 g/mol. The van der Waals surface area contributed by atoms with Gasteiger partial charge in [-0.05, 0) is 33.4 Å². The molecule has 0 saturated carbocycles. The van der Waals surface area contributed by atoms with Crippen LogP contribution in [0.3, 0.4) is 0 Å². The van der Waals surface area contributed by atoms with E-state index in [0.29, 0.717) is 18.5 Å². The van der Waals surface area contributed by atoms with Crippen molar-refractivity contribution in [2.45, 2.75) is 45.2 Å². The van der Waals surface area contributed by atoms with Crippen molar-refractivity contribution in [3.8, 4) is 6.07 Å². The molecule has 0 aromatic carbocycles. The molecule has 0 bridgehead atoms. The Kier molecular flexibility index (Phi) is 5.07. The molecule has 2 atom stereocenters. The van der Waals surface area contributed by atoms with Crippen LogP contribution in [-0.4, -0.2) is 48.6 Å². The summed E-state index contributed by atoms with van der Waals surface area (Å²) in [4.78, 5) is 4.87. The highest BCUT2D eigenvalue weighted by molar-refractivity contribution is 4.88. The minimum atomic E-state index is 0.428. The largest absolute Gasteiger partial charge is 0.305 e. The van der Waals surface area contributed by atoms with Gasteiger partial charge in [-0.1, -0.05) is 6.92 Å². The monoisotopic (exact) mass is 209 g/mol.